The maximum atomic E-state index is 13.1. The SMILES string of the molecule is COc1ccc(/C=C2\C(=O)NC(=O)N(c3ccc(OCc4ccc(Br)cc4)cc3)C2=O)cc1Cl. The number of carbonyl (C=O) groups is 3. The highest BCUT2D eigenvalue weighted by molar-refractivity contribution is 9.10. The summed E-state index contributed by atoms with van der Waals surface area (Å²) in [6.07, 6.45) is 1.37. The van der Waals surface area contributed by atoms with Crippen molar-refractivity contribution in [1.82, 2.24) is 5.32 Å². The Balaban J connectivity index is 1.53. The Morgan fingerprint density at radius 3 is 2.35 bits per heavy atom. The van der Waals surface area contributed by atoms with Gasteiger partial charge in [0, 0.05) is 4.47 Å². The van der Waals surface area contributed by atoms with Crippen molar-refractivity contribution >= 4 is 57.1 Å². The number of nitrogens with one attached hydrogen (secondary N) is 1. The molecule has 0 unspecified atom stereocenters. The summed E-state index contributed by atoms with van der Waals surface area (Å²) < 4.78 is 11.9. The van der Waals surface area contributed by atoms with Gasteiger partial charge in [-0.1, -0.05) is 45.7 Å². The lowest BCUT2D eigenvalue weighted by atomic mass is 10.1. The summed E-state index contributed by atoms with van der Waals surface area (Å²) in [7, 11) is 1.48. The second-order valence-electron chi connectivity index (χ2n) is 7.26. The molecule has 1 saturated heterocycles. The van der Waals surface area contributed by atoms with Crippen LogP contribution in [0.1, 0.15) is 11.1 Å². The molecule has 3 aromatic rings. The van der Waals surface area contributed by atoms with E-state index in [-0.39, 0.29) is 5.57 Å². The molecule has 4 amide bonds. The van der Waals surface area contributed by atoms with E-state index in [4.69, 9.17) is 21.1 Å². The van der Waals surface area contributed by atoms with E-state index in [1.807, 2.05) is 24.3 Å². The summed E-state index contributed by atoms with van der Waals surface area (Å²) in [5, 5.41) is 2.52. The Kier molecular flexibility index (Phi) is 7.00. The number of carbonyl (C=O) groups excluding carboxylic acids is 3. The number of benzene rings is 3. The van der Waals surface area contributed by atoms with Crippen LogP contribution in [-0.4, -0.2) is 25.0 Å². The number of methoxy groups -OCH3 is 1. The third-order valence-electron chi connectivity index (χ3n) is 5.00. The molecule has 3 aromatic carbocycles. The summed E-state index contributed by atoms with van der Waals surface area (Å²) in [4.78, 5) is 38.8. The Bertz CT molecular complexity index is 1290. The molecule has 0 aliphatic carbocycles. The average molecular weight is 542 g/mol. The number of barbiturate groups is 1. The lowest BCUT2D eigenvalue weighted by Crippen LogP contribution is -2.54. The first-order valence-corrected chi connectivity index (χ1v) is 11.2. The molecular formula is C25H18BrClN2O5. The van der Waals surface area contributed by atoms with Gasteiger partial charge in [-0.05, 0) is 65.7 Å². The quantitative estimate of drug-likeness (QED) is 0.336. The molecule has 0 radical (unpaired) electrons. The molecule has 1 aliphatic rings. The van der Waals surface area contributed by atoms with Crippen LogP contribution in [0.25, 0.3) is 6.08 Å². The van der Waals surface area contributed by atoms with E-state index in [2.05, 4.69) is 21.2 Å². The Morgan fingerprint density at radius 2 is 1.71 bits per heavy atom. The van der Waals surface area contributed by atoms with Crippen LogP contribution in [0.2, 0.25) is 5.02 Å². The highest BCUT2D eigenvalue weighted by atomic mass is 79.9. The minimum atomic E-state index is -0.830. The number of hydrogen-bond donors (Lipinski definition) is 1. The standard InChI is InChI=1S/C25H18BrClN2O5/c1-33-22-11-4-16(13-21(22)27)12-20-23(30)28-25(32)29(24(20)31)18-7-9-19(10-8-18)34-14-15-2-5-17(26)6-3-15/h2-13H,14H2,1H3,(H,28,30,32)/b20-12+. The third kappa shape index (κ3) is 5.13. The number of amides is 4. The van der Waals surface area contributed by atoms with Crippen LogP contribution >= 0.6 is 27.5 Å². The number of anilines is 1. The number of urea groups is 1. The molecule has 172 valence electrons. The van der Waals surface area contributed by atoms with Crippen molar-refractivity contribution in [3.8, 4) is 11.5 Å². The largest absolute Gasteiger partial charge is 0.495 e. The molecule has 1 fully saturated rings. The fourth-order valence-corrected chi connectivity index (χ4v) is 3.80. The molecule has 0 atom stereocenters. The first kappa shape index (κ1) is 23.5. The summed E-state index contributed by atoms with van der Waals surface area (Å²) >= 11 is 9.53. The van der Waals surface area contributed by atoms with Crippen molar-refractivity contribution in [3.05, 3.63) is 92.9 Å². The fourth-order valence-electron chi connectivity index (χ4n) is 3.27. The highest BCUT2D eigenvalue weighted by Gasteiger charge is 2.36. The van der Waals surface area contributed by atoms with E-state index in [0.29, 0.717) is 34.4 Å². The summed E-state index contributed by atoms with van der Waals surface area (Å²) in [5.74, 6) is -0.504. The van der Waals surface area contributed by atoms with Gasteiger partial charge in [0.25, 0.3) is 11.8 Å². The summed E-state index contributed by atoms with van der Waals surface area (Å²) in [5.41, 5.74) is 1.60. The fraction of sp³-hybridized carbons (Fsp3) is 0.0800. The molecule has 1 heterocycles. The van der Waals surface area contributed by atoms with E-state index in [9.17, 15) is 14.4 Å². The van der Waals surface area contributed by atoms with Crippen LogP contribution in [-0.2, 0) is 16.2 Å². The Labute approximate surface area is 209 Å². The predicted molar refractivity (Wildman–Crippen MR) is 132 cm³/mol. The normalized spacial score (nSPS) is 14.9. The minimum absolute atomic E-state index is 0.198. The van der Waals surface area contributed by atoms with Crippen LogP contribution in [0.15, 0.2) is 76.8 Å². The van der Waals surface area contributed by atoms with Crippen LogP contribution in [0, 0.1) is 0 Å². The molecule has 0 spiro atoms. The van der Waals surface area contributed by atoms with Crippen LogP contribution < -0.4 is 19.7 Å². The molecule has 0 bridgehead atoms. The minimum Gasteiger partial charge on any atom is -0.495 e. The van der Waals surface area contributed by atoms with Gasteiger partial charge in [-0.2, -0.15) is 0 Å². The van der Waals surface area contributed by atoms with Gasteiger partial charge in [-0.3, -0.25) is 14.9 Å². The van der Waals surface area contributed by atoms with Gasteiger partial charge in [-0.25, -0.2) is 9.69 Å². The van der Waals surface area contributed by atoms with E-state index in [0.717, 1.165) is 14.9 Å². The highest BCUT2D eigenvalue weighted by Crippen LogP contribution is 2.28. The number of rotatable bonds is 6. The third-order valence-corrected chi connectivity index (χ3v) is 5.83. The second-order valence-corrected chi connectivity index (χ2v) is 8.58. The summed E-state index contributed by atoms with van der Waals surface area (Å²) in [6, 6.07) is 18.2. The van der Waals surface area contributed by atoms with Crippen molar-refractivity contribution in [1.29, 1.82) is 0 Å². The van der Waals surface area contributed by atoms with Crippen molar-refractivity contribution in [2.75, 3.05) is 12.0 Å². The van der Waals surface area contributed by atoms with Crippen LogP contribution in [0.4, 0.5) is 10.5 Å². The Morgan fingerprint density at radius 1 is 1.00 bits per heavy atom. The molecular weight excluding hydrogens is 524 g/mol. The molecule has 0 aromatic heterocycles. The molecule has 9 heteroatoms. The van der Waals surface area contributed by atoms with Gasteiger partial charge < -0.3 is 9.47 Å². The zero-order valence-corrected chi connectivity index (χ0v) is 20.2. The van der Waals surface area contributed by atoms with E-state index >= 15 is 0 Å². The smallest absolute Gasteiger partial charge is 0.335 e. The van der Waals surface area contributed by atoms with Gasteiger partial charge in [-0.15, -0.1) is 0 Å². The number of imide groups is 2. The van der Waals surface area contributed by atoms with E-state index < -0.39 is 17.8 Å². The number of ether oxygens (including phenoxy) is 2. The van der Waals surface area contributed by atoms with Gasteiger partial charge in [0.1, 0.15) is 23.7 Å². The Hall–Kier alpha value is -3.62. The van der Waals surface area contributed by atoms with Crippen molar-refractivity contribution in [3.63, 3.8) is 0 Å². The molecule has 34 heavy (non-hydrogen) atoms. The number of nitrogens with zero attached hydrogens (tertiary/aromatic N) is 1. The second kappa shape index (κ2) is 10.1. The topological polar surface area (TPSA) is 84.9 Å². The zero-order chi connectivity index (χ0) is 24.2. The first-order valence-electron chi connectivity index (χ1n) is 10.1. The molecule has 1 N–H and O–H groups in total. The number of halogens is 2. The molecule has 7 nitrogen and oxygen atoms in total. The molecule has 0 saturated carbocycles. The predicted octanol–water partition coefficient (Wildman–Crippen LogP) is 5.36. The number of hydrogen-bond acceptors (Lipinski definition) is 5. The molecule has 1 aliphatic heterocycles. The molecule has 4 rings (SSSR count). The first-order chi connectivity index (χ1) is 16.4. The lowest BCUT2D eigenvalue weighted by Gasteiger charge is -2.26. The maximum Gasteiger partial charge on any atom is 0.335 e. The monoisotopic (exact) mass is 540 g/mol. The lowest BCUT2D eigenvalue weighted by molar-refractivity contribution is -0.122. The zero-order valence-electron chi connectivity index (χ0n) is 17.9. The summed E-state index contributed by atoms with van der Waals surface area (Å²) in [6.45, 7) is 0.363. The van der Waals surface area contributed by atoms with Crippen molar-refractivity contribution in [2.24, 2.45) is 0 Å². The van der Waals surface area contributed by atoms with Crippen LogP contribution in [0.5, 0.6) is 11.5 Å². The maximum absolute atomic E-state index is 13.1. The van der Waals surface area contributed by atoms with E-state index in [1.165, 1.54) is 13.2 Å². The van der Waals surface area contributed by atoms with Gasteiger partial charge in [0.05, 0.1) is 17.8 Å². The van der Waals surface area contributed by atoms with Gasteiger partial charge in [0.2, 0.25) is 0 Å². The van der Waals surface area contributed by atoms with Crippen molar-refractivity contribution in [2.45, 2.75) is 6.61 Å². The van der Waals surface area contributed by atoms with E-state index in [1.54, 1.807) is 42.5 Å². The van der Waals surface area contributed by atoms with Gasteiger partial charge in [0.15, 0.2) is 0 Å². The van der Waals surface area contributed by atoms with Crippen LogP contribution in [0.3, 0.4) is 0 Å². The van der Waals surface area contributed by atoms with Gasteiger partial charge >= 0.3 is 6.03 Å². The van der Waals surface area contributed by atoms with Crippen molar-refractivity contribution < 1.29 is 23.9 Å². The average Bonchev–Trinajstić information content (AvgIpc) is 2.82.